The Morgan fingerprint density at radius 2 is 1.86 bits per heavy atom. The van der Waals surface area contributed by atoms with Crippen molar-refractivity contribution in [1.29, 1.82) is 0 Å². The summed E-state index contributed by atoms with van der Waals surface area (Å²) in [5.74, 6) is 2.71. The van der Waals surface area contributed by atoms with Crippen molar-refractivity contribution in [2.75, 3.05) is 51.1 Å². The Morgan fingerprint density at radius 3 is 2.52 bits per heavy atom. The molecule has 0 radical (unpaired) electrons. The first-order valence-corrected chi connectivity index (χ1v) is 10.1. The average Bonchev–Trinajstić information content (AvgIpc) is 3.20. The Hall–Kier alpha value is -1.68. The van der Waals surface area contributed by atoms with Crippen molar-refractivity contribution < 1.29 is 9.47 Å². The summed E-state index contributed by atoms with van der Waals surface area (Å²) in [5.41, 5.74) is 2.17. The summed E-state index contributed by atoms with van der Waals surface area (Å²) < 4.78 is 11.8. The zero-order chi connectivity index (χ0) is 19.9. The van der Waals surface area contributed by atoms with Gasteiger partial charge in [-0.1, -0.05) is 15.9 Å². The van der Waals surface area contributed by atoms with Crippen molar-refractivity contribution in [1.82, 2.24) is 5.32 Å². The van der Waals surface area contributed by atoms with Crippen LogP contribution in [0.1, 0.15) is 6.42 Å². The molecule has 0 bridgehead atoms. The van der Waals surface area contributed by atoms with E-state index in [-0.39, 0.29) is 24.0 Å². The Bertz CT molecular complexity index is 817. The molecule has 8 heteroatoms. The van der Waals surface area contributed by atoms with Gasteiger partial charge in [0.2, 0.25) is 0 Å². The van der Waals surface area contributed by atoms with Crippen molar-refractivity contribution in [3.63, 3.8) is 0 Å². The fourth-order valence-corrected chi connectivity index (χ4v) is 3.62. The number of rotatable bonds is 6. The van der Waals surface area contributed by atoms with Gasteiger partial charge in [-0.2, -0.15) is 0 Å². The normalized spacial score (nSPS) is 16.2. The highest BCUT2D eigenvalue weighted by atomic mass is 127. The van der Waals surface area contributed by atoms with E-state index in [0.717, 1.165) is 42.2 Å². The van der Waals surface area contributed by atoms with Gasteiger partial charge < -0.3 is 25.0 Å². The quantitative estimate of drug-likeness (QED) is 0.300. The number of ether oxygens (including phenoxy) is 2. The molecule has 1 unspecified atom stereocenters. The lowest BCUT2D eigenvalue weighted by molar-refractivity contribution is 0.355. The van der Waals surface area contributed by atoms with Crippen LogP contribution < -0.4 is 25.0 Å². The van der Waals surface area contributed by atoms with Crippen LogP contribution in [0.4, 0.5) is 11.4 Å². The fourth-order valence-electron chi connectivity index (χ4n) is 3.36. The molecule has 2 aromatic rings. The largest absolute Gasteiger partial charge is 0.493 e. The number of nitrogens with zero attached hydrogens (tertiary/aromatic N) is 2. The summed E-state index contributed by atoms with van der Waals surface area (Å²) >= 11 is 3.50. The van der Waals surface area contributed by atoms with Crippen LogP contribution >= 0.6 is 39.9 Å². The monoisotopic (exact) mass is 574 g/mol. The highest BCUT2D eigenvalue weighted by Crippen LogP contribution is 2.29. The maximum absolute atomic E-state index is 5.36. The van der Waals surface area contributed by atoms with Crippen molar-refractivity contribution in [2.24, 2.45) is 10.9 Å². The molecule has 1 aliphatic heterocycles. The molecule has 158 valence electrons. The van der Waals surface area contributed by atoms with E-state index in [1.807, 2.05) is 18.2 Å². The molecule has 0 spiro atoms. The third kappa shape index (κ3) is 6.40. The summed E-state index contributed by atoms with van der Waals surface area (Å²) in [4.78, 5) is 6.77. The van der Waals surface area contributed by atoms with E-state index in [0.29, 0.717) is 17.4 Å². The molecule has 1 fully saturated rings. The second-order valence-corrected chi connectivity index (χ2v) is 7.64. The second kappa shape index (κ2) is 11.5. The minimum Gasteiger partial charge on any atom is -0.493 e. The SMILES string of the molecule is CN=C(NCC1CCN(c2ccc(Br)cc2)C1)Nc1ccc(OC)c(OC)c1.I. The van der Waals surface area contributed by atoms with Crippen LogP contribution in [0.3, 0.4) is 0 Å². The summed E-state index contributed by atoms with van der Waals surface area (Å²) in [6.07, 6.45) is 1.16. The van der Waals surface area contributed by atoms with Gasteiger partial charge >= 0.3 is 0 Å². The standard InChI is InChI=1S/C21H27BrN4O2.HI/c1-23-21(25-17-6-9-19(27-2)20(12-17)28-3)24-13-15-10-11-26(14-15)18-7-4-16(22)5-8-18;/h4-9,12,15H,10-11,13-14H2,1-3H3,(H2,23,24,25);1H. The van der Waals surface area contributed by atoms with Gasteiger partial charge in [0.15, 0.2) is 17.5 Å². The smallest absolute Gasteiger partial charge is 0.195 e. The number of halogens is 2. The summed E-state index contributed by atoms with van der Waals surface area (Å²) in [6.45, 7) is 3.00. The molecule has 0 amide bonds. The minimum absolute atomic E-state index is 0. The molecular weight excluding hydrogens is 547 g/mol. The highest BCUT2D eigenvalue weighted by Gasteiger charge is 2.22. The van der Waals surface area contributed by atoms with Gasteiger partial charge in [0, 0.05) is 48.6 Å². The summed E-state index contributed by atoms with van der Waals surface area (Å²) in [5, 5.41) is 6.75. The Balaban J connectivity index is 0.00000300. The van der Waals surface area contributed by atoms with Gasteiger partial charge in [0.05, 0.1) is 14.2 Å². The number of aliphatic imine (C=N–C) groups is 1. The van der Waals surface area contributed by atoms with Gasteiger partial charge in [-0.05, 0) is 48.7 Å². The number of hydrogen-bond donors (Lipinski definition) is 2. The first-order valence-electron chi connectivity index (χ1n) is 9.33. The number of hydrogen-bond acceptors (Lipinski definition) is 4. The Kier molecular flexibility index (Phi) is 9.35. The molecule has 1 aliphatic rings. The molecule has 3 rings (SSSR count). The predicted octanol–water partition coefficient (Wildman–Crippen LogP) is 4.60. The molecule has 0 aromatic heterocycles. The zero-order valence-electron chi connectivity index (χ0n) is 16.9. The van der Waals surface area contributed by atoms with Crippen molar-refractivity contribution in [3.05, 3.63) is 46.9 Å². The molecule has 6 nitrogen and oxygen atoms in total. The van der Waals surface area contributed by atoms with E-state index in [1.54, 1.807) is 21.3 Å². The predicted molar refractivity (Wildman–Crippen MR) is 134 cm³/mol. The van der Waals surface area contributed by atoms with Gasteiger partial charge in [-0.3, -0.25) is 4.99 Å². The van der Waals surface area contributed by atoms with Crippen LogP contribution in [0.25, 0.3) is 0 Å². The first-order chi connectivity index (χ1) is 13.6. The molecule has 29 heavy (non-hydrogen) atoms. The number of guanidine groups is 1. The first kappa shape index (κ1) is 23.6. The van der Waals surface area contributed by atoms with Gasteiger partial charge in [-0.15, -0.1) is 24.0 Å². The summed E-state index contributed by atoms with van der Waals surface area (Å²) in [6, 6.07) is 14.2. The topological polar surface area (TPSA) is 58.1 Å². The van der Waals surface area contributed by atoms with Crippen LogP contribution in [-0.2, 0) is 0 Å². The van der Waals surface area contributed by atoms with Crippen molar-refractivity contribution in [3.8, 4) is 11.5 Å². The van der Waals surface area contributed by atoms with Gasteiger partial charge in [0.1, 0.15) is 0 Å². The van der Waals surface area contributed by atoms with Crippen LogP contribution in [0.5, 0.6) is 11.5 Å². The lowest BCUT2D eigenvalue weighted by atomic mass is 10.1. The van der Waals surface area contributed by atoms with Crippen LogP contribution in [-0.4, -0.2) is 46.9 Å². The van der Waals surface area contributed by atoms with Gasteiger partial charge in [-0.25, -0.2) is 0 Å². The highest BCUT2D eigenvalue weighted by molar-refractivity contribution is 14.0. The van der Waals surface area contributed by atoms with E-state index in [2.05, 4.69) is 60.7 Å². The second-order valence-electron chi connectivity index (χ2n) is 6.73. The van der Waals surface area contributed by atoms with Crippen molar-refractivity contribution >= 4 is 57.2 Å². The average molecular weight is 575 g/mol. The van der Waals surface area contributed by atoms with E-state index in [1.165, 1.54) is 5.69 Å². The molecule has 1 heterocycles. The van der Waals surface area contributed by atoms with Crippen molar-refractivity contribution in [2.45, 2.75) is 6.42 Å². The number of anilines is 2. The molecular formula is C21H28BrIN4O2. The lowest BCUT2D eigenvalue weighted by Crippen LogP contribution is -2.35. The van der Waals surface area contributed by atoms with E-state index < -0.39 is 0 Å². The molecule has 1 saturated heterocycles. The van der Waals surface area contributed by atoms with E-state index in [9.17, 15) is 0 Å². The zero-order valence-corrected chi connectivity index (χ0v) is 20.9. The number of nitrogens with one attached hydrogen (secondary N) is 2. The molecule has 2 aromatic carbocycles. The van der Waals surface area contributed by atoms with Crippen LogP contribution in [0.15, 0.2) is 51.9 Å². The maximum atomic E-state index is 5.36. The van der Waals surface area contributed by atoms with Gasteiger partial charge in [0.25, 0.3) is 0 Å². The lowest BCUT2D eigenvalue weighted by Gasteiger charge is -2.19. The number of methoxy groups -OCH3 is 2. The fraction of sp³-hybridized carbons (Fsp3) is 0.381. The van der Waals surface area contributed by atoms with Crippen LogP contribution in [0, 0.1) is 5.92 Å². The number of benzene rings is 2. The molecule has 1 atom stereocenters. The maximum Gasteiger partial charge on any atom is 0.195 e. The third-order valence-corrected chi connectivity index (χ3v) is 5.43. The Morgan fingerprint density at radius 1 is 1.14 bits per heavy atom. The van der Waals surface area contributed by atoms with Crippen LogP contribution in [0.2, 0.25) is 0 Å². The minimum atomic E-state index is 0. The van der Waals surface area contributed by atoms with E-state index in [4.69, 9.17) is 9.47 Å². The Labute approximate surface area is 198 Å². The third-order valence-electron chi connectivity index (χ3n) is 4.91. The molecule has 0 aliphatic carbocycles. The van der Waals surface area contributed by atoms with E-state index >= 15 is 0 Å². The summed E-state index contributed by atoms with van der Waals surface area (Å²) in [7, 11) is 5.04. The molecule has 0 saturated carbocycles. The molecule has 2 N–H and O–H groups in total.